The molecule has 112 valence electrons. The van der Waals surface area contributed by atoms with Crippen LogP contribution in [-0.2, 0) is 0 Å². The Morgan fingerprint density at radius 1 is 1.60 bits per heavy atom. The molecule has 1 heterocycles. The first-order valence-electron chi connectivity index (χ1n) is 5.98. The van der Waals surface area contributed by atoms with Crippen LogP contribution >= 0.6 is 11.3 Å². The molecule has 0 unspecified atom stereocenters. The van der Waals surface area contributed by atoms with Gasteiger partial charge in [0.05, 0.1) is 11.0 Å². The van der Waals surface area contributed by atoms with E-state index in [1.54, 1.807) is 0 Å². The fourth-order valence-electron chi connectivity index (χ4n) is 1.88. The Bertz CT molecular complexity index is 512. The first-order valence-corrected chi connectivity index (χ1v) is 6.80. The number of aliphatic hydroxyl groups is 1. The van der Waals surface area contributed by atoms with Crippen molar-refractivity contribution in [3.8, 4) is 0 Å². The number of aliphatic hydroxyl groups excluding tert-OH is 1. The van der Waals surface area contributed by atoms with Crippen LogP contribution in [0.15, 0.2) is 6.07 Å². The molecule has 0 saturated heterocycles. The van der Waals surface area contributed by atoms with Crippen molar-refractivity contribution in [2.24, 2.45) is 0 Å². The Morgan fingerprint density at radius 3 is 2.60 bits per heavy atom. The number of hydrogen-bond donors (Lipinski definition) is 1. The van der Waals surface area contributed by atoms with E-state index in [0.717, 1.165) is 22.3 Å². The molecule has 0 aliphatic heterocycles. The molecule has 0 radical (unpaired) electrons. The summed E-state index contributed by atoms with van der Waals surface area (Å²) in [6.45, 7) is 0.211. The highest BCUT2D eigenvalue weighted by Crippen LogP contribution is 2.45. The number of anilines is 1. The predicted octanol–water partition coefficient (Wildman–Crippen LogP) is 3.24. The Kier molecular flexibility index (Phi) is 3.92. The number of alkyl halides is 3. The van der Waals surface area contributed by atoms with E-state index in [1.165, 1.54) is 6.92 Å². The maximum Gasteiger partial charge on any atom is 0.405 e. The molecule has 1 saturated carbocycles. The van der Waals surface area contributed by atoms with Gasteiger partial charge in [-0.3, -0.25) is 10.1 Å². The van der Waals surface area contributed by atoms with E-state index >= 15 is 0 Å². The standard InChI is InChI=1S/C11H13F3N2O3S/c1-6(17)9-4-8(16(18)19)10(20-9)15(7-2-3-7)5-11(12,13)14/h4,6-7,17H,2-3,5H2,1H3/t6-/m0/s1. The normalized spacial score (nSPS) is 17.1. The minimum absolute atomic E-state index is 0.0225. The summed E-state index contributed by atoms with van der Waals surface area (Å²) in [7, 11) is 0. The number of nitro groups is 1. The second-order valence-corrected chi connectivity index (χ2v) is 5.81. The molecule has 9 heteroatoms. The monoisotopic (exact) mass is 310 g/mol. The molecule has 1 atom stereocenters. The van der Waals surface area contributed by atoms with Crippen molar-refractivity contribution in [1.82, 2.24) is 0 Å². The summed E-state index contributed by atoms with van der Waals surface area (Å²) in [5.41, 5.74) is -0.373. The van der Waals surface area contributed by atoms with E-state index in [4.69, 9.17) is 0 Å². The van der Waals surface area contributed by atoms with Gasteiger partial charge in [-0.2, -0.15) is 13.2 Å². The number of halogens is 3. The summed E-state index contributed by atoms with van der Waals surface area (Å²) in [6.07, 6.45) is -4.19. The fourth-order valence-corrected chi connectivity index (χ4v) is 3.01. The summed E-state index contributed by atoms with van der Waals surface area (Å²) in [6, 6.07) is 0.840. The van der Waals surface area contributed by atoms with Crippen LogP contribution in [0.5, 0.6) is 0 Å². The summed E-state index contributed by atoms with van der Waals surface area (Å²) >= 11 is 0.847. The van der Waals surface area contributed by atoms with E-state index < -0.39 is 23.7 Å². The second-order valence-electron chi connectivity index (χ2n) is 4.75. The molecule has 0 amide bonds. The van der Waals surface area contributed by atoms with E-state index in [9.17, 15) is 28.4 Å². The third-order valence-electron chi connectivity index (χ3n) is 2.92. The van der Waals surface area contributed by atoms with Gasteiger partial charge in [0.25, 0.3) is 0 Å². The topological polar surface area (TPSA) is 66.6 Å². The van der Waals surface area contributed by atoms with Gasteiger partial charge in [-0.25, -0.2) is 0 Å². The smallest absolute Gasteiger partial charge is 0.388 e. The van der Waals surface area contributed by atoms with Crippen molar-refractivity contribution in [2.75, 3.05) is 11.4 Å². The molecule has 1 N–H and O–H groups in total. The van der Waals surface area contributed by atoms with Gasteiger partial charge in [0, 0.05) is 17.0 Å². The molecule has 1 aliphatic carbocycles. The molecule has 1 aliphatic rings. The van der Waals surface area contributed by atoms with Crippen LogP contribution in [0.3, 0.4) is 0 Å². The van der Waals surface area contributed by atoms with Crippen LogP contribution in [0.1, 0.15) is 30.7 Å². The second kappa shape index (κ2) is 5.21. The van der Waals surface area contributed by atoms with E-state index in [2.05, 4.69) is 0 Å². The molecular formula is C11H13F3N2O3S. The van der Waals surface area contributed by atoms with Crippen LogP contribution in [0, 0.1) is 10.1 Å². The zero-order valence-corrected chi connectivity index (χ0v) is 11.4. The highest BCUT2D eigenvalue weighted by atomic mass is 32.1. The van der Waals surface area contributed by atoms with Crippen molar-refractivity contribution >= 4 is 22.0 Å². The Hall–Kier alpha value is -1.35. The quantitative estimate of drug-likeness (QED) is 0.670. The van der Waals surface area contributed by atoms with Gasteiger partial charge in [0.2, 0.25) is 0 Å². The minimum atomic E-state index is -4.43. The lowest BCUT2D eigenvalue weighted by molar-refractivity contribution is -0.383. The lowest BCUT2D eigenvalue weighted by atomic mass is 10.3. The first kappa shape index (κ1) is 15.0. The molecule has 0 bridgehead atoms. The van der Waals surface area contributed by atoms with Crippen LogP contribution in [-0.4, -0.2) is 28.8 Å². The molecule has 1 aromatic rings. The predicted molar refractivity (Wildman–Crippen MR) is 68.0 cm³/mol. The van der Waals surface area contributed by atoms with Crippen molar-refractivity contribution in [1.29, 1.82) is 0 Å². The molecule has 1 fully saturated rings. The fraction of sp³-hybridized carbons (Fsp3) is 0.636. The van der Waals surface area contributed by atoms with Crippen molar-refractivity contribution < 1.29 is 23.2 Å². The third kappa shape index (κ3) is 3.40. The van der Waals surface area contributed by atoms with Gasteiger partial charge in [-0.05, 0) is 19.8 Å². The van der Waals surface area contributed by atoms with E-state index in [0.29, 0.717) is 17.7 Å². The molecule has 0 aromatic carbocycles. The number of rotatable bonds is 5. The SMILES string of the molecule is C[C@H](O)c1cc([N+](=O)[O-])c(N(CC(F)(F)F)C2CC2)s1. The Balaban J connectivity index is 2.38. The maximum absolute atomic E-state index is 12.6. The molecule has 0 spiro atoms. The molecule has 20 heavy (non-hydrogen) atoms. The van der Waals surface area contributed by atoms with Gasteiger partial charge < -0.3 is 10.0 Å². The van der Waals surface area contributed by atoms with Gasteiger partial charge in [0.15, 0.2) is 5.00 Å². The van der Waals surface area contributed by atoms with E-state index in [-0.39, 0.29) is 16.7 Å². The zero-order chi connectivity index (χ0) is 15.1. The van der Waals surface area contributed by atoms with Crippen LogP contribution in [0.25, 0.3) is 0 Å². The molecule has 1 aromatic heterocycles. The lowest BCUT2D eigenvalue weighted by Gasteiger charge is -2.23. The largest absolute Gasteiger partial charge is 0.405 e. The molecule has 5 nitrogen and oxygen atoms in total. The van der Waals surface area contributed by atoms with Gasteiger partial charge in [0.1, 0.15) is 6.54 Å². The van der Waals surface area contributed by atoms with Gasteiger partial charge in [-0.15, -0.1) is 11.3 Å². The summed E-state index contributed by atoms with van der Waals surface area (Å²) in [5, 5.41) is 20.4. The van der Waals surface area contributed by atoms with Crippen LogP contribution < -0.4 is 4.90 Å². The third-order valence-corrected chi connectivity index (χ3v) is 4.25. The zero-order valence-electron chi connectivity index (χ0n) is 10.6. The number of hydrogen-bond acceptors (Lipinski definition) is 5. The molecular weight excluding hydrogens is 297 g/mol. The number of nitrogens with zero attached hydrogens (tertiary/aromatic N) is 2. The Labute approximate surface area is 116 Å². The van der Waals surface area contributed by atoms with Crippen molar-refractivity contribution in [3.63, 3.8) is 0 Å². The lowest BCUT2D eigenvalue weighted by Crippen LogP contribution is -2.35. The molecule has 2 rings (SSSR count). The van der Waals surface area contributed by atoms with Gasteiger partial charge >= 0.3 is 11.9 Å². The minimum Gasteiger partial charge on any atom is -0.388 e. The van der Waals surface area contributed by atoms with E-state index in [1.807, 2.05) is 0 Å². The van der Waals surface area contributed by atoms with Crippen LogP contribution in [0.4, 0.5) is 23.9 Å². The average molecular weight is 310 g/mol. The average Bonchev–Trinajstić information content (AvgIpc) is 3.02. The summed E-state index contributed by atoms with van der Waals surface area (Å²) < 4.78 is 37.9. The summed E-state index contributed by atoms with van der Waals surface area (Å²) in [5.74, 6) is 0. The van der Waals surface area contributed by atoms with Crippen LogP contribution in [0.2, 0.25) is 0 Å². The highest BCUT2D eigenvalue weighted by Gasteiger charge is 2.41. The van der Waals surface area contributed by atoms with Crippen molar-refractivity contribution in [3.05, 3.63) is 21.1 Å². The number of thiophene rings is 1. The summed E-state index contributed by atoms with van der Waals surface area (Å²) in [4.78, 5) is 11.6. The van der Waals surface area contributed by atoms with Gasteiger partial charge in [-0.1, -0.05) is 0 Å². The first-order chi connectivity index (χ1) is 9.19. The Morgan fingerprint density at radius 2 is 2.20 bits per heavy atom. The maximum atomic E-state index is 12.6. The van der Waals surface area contributed by atoms with Crippen molar-refractivity contribution in [2.45, 2.75) is 38.1 Å². The highest BCUT2D eigenvalue weighted by molar-refractivity contribution is 7.16.